The Balaban J connectivity index is 1.55. The summed E-state index contributed by atoms with van der Waals surface area (Å²) in [5.74, 6) is -0.132. The maximum atomic E-state index is 12.1. The second kappa shape index (κ2) is 7.82. The predicted molar refractivity (Wildman–Crippen MR) is 96.9 cm³/mol. The van der Waals surface area contributed by atoms with Crippen molar-refractivity contribution in [1.82, 2.24) is 5.32 Å². The van der Waals surface area contributed by atoms with Crippen LogP contribution in [0.1, 0.15) is 28.9 Å². The number of nitrogen functional groups attached to an aromatic ring is 1. The Labute approximate surface area is 159 Å². The fraction of sp³-hybridized carbons (Fsp3) is 0.222. The molecule has 0 unspecified atom stereocenters. The smallest absolute Gasteiger partial charge is 0.340 e. The first-order valence-electron chi connectivity index (χ1n) is 8.25. The van der Waals surface area contributed by atoms with Gasteiger partial charge in [-0.1, -0.05) is 6.07 Å². The Kier molecular flexibility index (Phi) is 5.30. The van der Waals surface area contributed by atoms with Crippen molar-refractivity contribution in [3.63, 3.8) is 0 Å². The average Bonchev–Trinajstić information content (AvgIpc) is 3.13. The molecule has 0 spiro atoms. The van der Waals surface area contributed by atoms with Crippen molar-refractivity contribution in [2.24, 2.45) is 0 Å². The Morgan fingerprint density at radius 3 is 2.71 bits per heavy atom. The third-order valence-electron chi connectivity index (χ3n) is 4.07. The van der Waals surface area contributed by atoms with Crippen molar-refractivity contribution in [2.75, 3.05) is 19.1 Å². The van der Waals surface area contributed by atoms with Crippen LogP contribution < -0.4 is 20.5 Å². The van der Waals surface area contributed by atoms with Crippen molar-refractivity contribution >= 4 is 23.3 Å². The SMILES string of the molecule is C[C@H](NC(=O)COC(=O)c1ccc([N+](=O)[O-])cc1N)c1ccc2c(c1)OCO2. The van der Waals surface area contributed by atoms with Crippen LogP contribution in [0.25, 0.3) is 0 Å². The normalized spacial score (nSPS) is 12.9. The molecule has 0 aromatic heterocycles. The van der Waals surface area contributed by atoms with E-state index in [0.29, 0.717) is 11.5 Å². The highest BCUT2D eigenvalue weighted by Crippen LogP contribution is 2.34. The molecule has 1 aliphatic heterocycles. The second-order valence-corrected chi connectivity index (χ2v) is 6.01. The van der Waals surface area contributed by atoms with Crippen LogP contribution in [0.15, 0.2) is 36.4 Å². The maximum absolute atomic E-state index is 12.1. The summed E-state index contributed by atoms with van der Waals surface area (Å²) < 4.78 is 15.5. The summed E-state index contributed by atoms with van der Waals surface area (Å²) in [5.41, 5.74) is 6.03. The molecule has 0 radical (unpaired) electrons. The molecular weight excluding hydrogens is 370 g/mol. The predicted octanol–water partition coefficient (Wildman–Crippen LogP) is 1.94. The molecule has 1 aliphatic rings. The molecule has 2 aromatic rings. The van der Waals surface area contributed by atoms with E-state index in [1.807, 2.05) is 0 Å². The topological polar surface area (TPSA) is 143 Å². The number of nitrogens with two attached hydrogens (primary N) is 1. The van der Waals surface area contributed by atoms with Gasteiger partial charge >= 0.3 is 5.97 Å². The van der Waals surface area contributed by atoms with Crippen LogP contribution in [0.3, 0.4) is 0 Å². The number of carbonyl (C=O) groups is 2. The molecule has 3 N–H and O–H groups in total. The van der Waals surface area contributed by atoms with E-state index in [1.54, 1.807) is 25.1 Å². The number of benzene rings is 2. The lowest BCUT2D eigenvalue weighted by Gasteiger charge is -2.15. The van der Waals surface area contributed by atoms with Gasteiger partial charge in [0.2, 0.25) is 6.79 Å². The number of nitro groups is 1. The summed E-state index contributed by atoms with van der Waals surface area (Å²) in [5, 5.41) is 13.4. The van der Waals surface area contributed by atoms with Gasteiger partial charge in [-0.15, -0.1) is 0 Å². The van der Waals surface area contributed by atoms with Crippen molar-refractivity contribution in [2.45, 2.75) is 13.0 Å². The van der Waals surface area contributed by atoms with Crippen LogP contribution in [0.4, 0.5) is 11.4 Å². The van der Waals surface area contributed by atoms with E-state index in [9.17, 15) is 19.7 Å². The van der Waals surface area contributed by atoms with E-state index >= 15 is 0 Å². The number of ether oxygens (including phenoxy) is 3. The number of amides is 1. The highest BCUT2D eigenvalue weighted by atomic mass is 16.7. The third kappa shape index (κ3) is 4.11. The lowest BCUT2D eigenvalue weighted by Crippen LogP contribution is -2.31. The van der Waals surface area contributed by atoms with Gasteiger partial charge in [0.1, 0.15) is 0 Å². The molecule has 0 aliphatic carbocycles. The van der Waals surface area contributed by atoms with Gasteiger partial charge < -0.3 is 25.3 Å². The zero-order chi connectivity index (χ0) is 20.3. The minimum Gasteiger partial charge on any atom is -0.454 e. The number of anilines is 1. The van der Waals surface area contributed by atoms with Crippen LogP contribution >= 0.6 is 0 Å². The van der Waals surface area contributed by atoms with Gasteiger partial charge in [-0.05, 0) is 30.7 Å². The molecule has 2 aromatic carbocycles. The minimum absolute atomic E-state index is 0.0535. The molecule has 0 fully saturated rings. The van der Waals surface area contributed by atoms with E-state index in [2.05, 4.69) is 5.32 Å². The number of hydrogen-bond donors (Lipinski definition) is 2. The molecular formula is C18H17N3O7. The standard InChI is InChI=1S/C18H17N3O7/c1-10(11-2-5-15-16(6-11)28-9-27-15)20-17(22)8-26-18(23)13-4-3-12(21(24)25)7-14(13)19/h2-7,10H,8-9,19H2,1H3,(H,20,22)/t10-/m0/s1. The monoisotopic (exact) mass is 387 g/mol. The van der Waals surface area contributed by atoms with Gasteiger partial charge in [0.05, 0.1) is 22.2 Å². The number of carbonyl (C=O) groups excluding carboxylic acids is 2. The first kappa shape index (κ1) is 19.0. The Morgan fingerprint density at radius 1 is 1.25 bits per heavy atom. The molecule has 28 heavy (non-hydrogen) atoms. The van der Waals surface area contributed by atoms with Crippen molar-refractivity contribution < 1.29 is 28.7 Å². The van der Waals surface area contributed by atoms with Crippen LogP contribution in [0.2, 0.25) is 0 Å². The molecule has 1 atom stereocenters. The fourth-order valence-electron chi connectivity index (χ4n) is 2.61. The number of rotatable bonds is 6. The van der Waals surface area contributed by atoms with Crippen LogP contribution in [-0.2, 0) is 9.53 Å². The lowest BCUT2D eigenvalue weighted by atomic mass is 10.1. The van der Waals surface area contributed by atoms with E-state index in [-0.39, 0.29) is 29.8 Å². The quantitative estimate of drug-likeness (QED) is 0.331. The highest BCUT2D eigenvalue weighted by molar-refractivity contribution is 5.96. The first-order chi connectivity index (χ1) is 13.3. The van der Waals surface area contributed by atoms with E-state index in [1.165, 1.54) is 6.07 Å². The molecule has 10 heteroatoms. The van der Waals surface area contributed by atoms with E-state index < -0.39 is 23.4 Å². The van der Waals surface area contributed by atoms with E-state index in [4.69, 9.17) is 19.9 Å². The van der Waals surface area contributed by atoms with E-state index in [0.717, 1.165) is 17.7 Å². The van der Waals surface area contributed by atoms with Crippen molar-refractivity contribution in [3.8, 4) is 11.5 Å². The summed E-state index contributed by atoms with van der Waals surface area (Å²) in [4.78, 5) is 34.2. The maximum Gasteiger partial charge on any atom is 0.340 e. The van der Waals surface area contributed by atoms with Gasteiger partial charge in [0.25, 0.3) is 11.6 Å². The summed E-state index contributed by atoms with van der Waals surface area (Å²) in [6, 6.07) is 8.32. The summed E-state index contributed by atoms with van der Waals surface area (Å²) >= 11 is 0. The highest BCUT2D eigenvalue weighted by Gasteiger charge is 2.19. The first-order valence-corrected chi connectivity index (χ1v) is 8.25. The van der Waals surface area contributed by atoms with Crippen molar-refractivity contribution in [1.29, 1.82) is 0 Å². The molecule has 1 heterocycles. The zero-order valence-corrected chi connectivity index (χ0v) is 14.8. The van der Waals surface area contributed by atoms with Crippen molar-refractivity contribution in [3.05, 3.63) is 57.6 Å². The summed E-state index contributed by atoms with van der Waals surface area (Å²) in [6.07, 6.45) is 0. The van der Waals surface area contributed by atoms with Gasteiger partial charge in [0, 0.05) is 12.1 Å². The second-order valence-electron chi connectivity index (χ2n) is 6.01. The molecule has 0 bridgehead atoms. The Morgan fingerprint density at radius 2 is 2.00 bits per heavy atom. The Bertz CT molecular complexity index is 945. The molecule has 0 saturated heterocycles. The molecule has 3 rings (SSSR count). The number of nitrogens with zero attached hydrogens (tertiary/aromatic N) is 1. The zero-order valence-electron chi connectivity index (χ0n) is 14.8. The Hall–Kier alpha value is -3.82. The molecule has 0 saturated carbocycles. The number of nitro benzene ring substituents is 1. The molecule has 146 valence electrons. The number of non-ortho nitro benzene ring substituents is 1. The van der Waals surface area contributed by atoms with Gasteiger partial charge in [0.15, 0.2) is 18.1 Å². The molecule has 10 nitrogen and oxygen atoms in total. The average molecular weight is 387 g/mol. The van der Waals surface area contributed by atoms with Crippen LogP contribution in [0.5, 0.6) is 11.5 Å². The summed E-state index contributed by atoms with van der Waals surface area (Å²) in [6.45, 7) is 1.40. The number of fused-ring (bicyclic) bond motifs is 1. The third-order valence-corrected chi connectivity index (χ3v) is 4.07. The fourth-order valence-corrected chi connectivity index (χ4v) is 2.61. The van der Waals surface area contributed by atoms with Crippen LogP contribution in [0, 0.1) is 10.1 Å². The lowest BCUT2D eigenvalue weighted by molar-refractivity contribution is -0.384. The van der Waals surface area contributed by atoms with Gasteiger partial charge in [-0.3, -0.25) is 14.9 Å². The minimum atomic E-state index is -0.849. The number of nitrogens with one attached hydrogen (secondary N) is 1. The van der Waals surface area contributed by atoms with Gasteiger partial charge in [-0.25, -0.2) is 4.79 Å². The summed E-state index contributed by atoms with van der Waals surface area (Å²) in [7, 11) is 0. The molecule has 1 amide bonds. The number of esters is 1. The number of hydrogen-bond acceptors (Lipinski definition) is 8. The van der Waals surface area contributed by atoms with Gasteiger partial charge in [-0.2, -0.15) is 0 Å². The van der Waals surface area contributed by atoms with Crippen LogP contribution in [-0.4, -0.2) is 30.2 Å². The largest absolute Gasteiger partial charge is 0.454 e.